The Hall–Kier alpha value is -1.78. The van der Waals surface area contributed by atoms with Gasteiger partial charge >= 0.3 is 11.9 Å². The van der Waals surface area contributed by atoms with Crippen molar-refractivity contribution < 1.29 is 23.5 Å². The van der Waals surface area contributed by atoms with E-state index in [2.05, 4.69) is 0 Å². The maximum atomic E-state index is 11.6. The molecule has 0 aliphatic carbocycles. The van der Waals surface area contributed by atoms with Gasteiger partial charge in [-0.2, -0.15) is 0 Å². The summed E-state index contributed by atoms with van der Waals surface area (Å²) in [5.41, 5.74) is 0.0970. The average Bonchev–Trinajstić information content (AvgIpc) is 2.73. The molecule has 1 rings (SSSR count). The van der Waals surface area contributed by atoms with Crippen molar-refractivity contribution in [1.82, 2.24) is 0 Å². The van der Waals surface area contributed by atoms with E-state index in [-0.39, 0.29) is 24.0 Å². The van der Waals surface area contributed by atoms with Crippen molar-refractivity contribution in [1.29, 1.82) is 0 Å². The van der Waals surface area contributed by atoms with Crippen LogP contribution in [0.4, 0.5) is 0 Å². The number of rotatable bonds is 5. The fourth-order valence-corrected chi connectivity index (χ4v) is 1.17. The normalized spacial score (nSPS) is 10.4. The highest BCUT2D eigenvalue weighted by atomic mass is 16.6. The quantitative estimate of drug-likeness (QED) is 0.739. The van der Waals surface area contributed by atoms with Gasteiger partial charge in [0.15, 0.2) is 0 Å². The molecule has 0 saturated carbocycles. The minimum Gasteiger partial charge on any atom is -0.460 e. The Morgan fingerprint density at radius 2 is 2.06 bits per heavy atom. The van der Waals surface area contributed by atoms with Gasteiger partial charge in [0.1, 0.15) is 5.56 Å². The third-order valence-corrected chi connectivity index (χ3v) is 1.85. The van der Waals surface area contributed by atoms with Gasteiger partial charge in [-0.1, -0.05) is 6.92 Å². The molecule has 0 amide bonds. The topological polar surface area (TPSA) is 65.7 Å². The monoisotopic (exact) mass is 240 g/mol. The SMILES string of the molecule is CCCOC(=O)c1occc1C(=O)OC(C)C. The number of hydrogen-bond acceptors (Lipinski definition) is 5. The lowest BCUT2D eigenvalue weighted by atomic mass is 10.2. The van der Waals surface area contributed by atoms with Crippen molar-refractivity contribution in [2.24, 2.45) is 0 Å². The predicted octanol–water partition coefficient (Wildman–Crippen LogP) is 2.41. The molecule has 1 aromatic heterocycles. The molecule has 0 aromatic carbocycles. The Bertz CT molecular complexity index is 391. The Balaban J connectivity index is 2.78. The fraction of sp³-hybridized carbons (Fsp3) is 0.500. The summed E-state index contributed by atoms with van der Waals surface area (Å²) in [7, 11) is 0. The third-order valence-electron chi connectivity index (χ3n) is 1.85. The highest BCUT2D eigenvalue weighted by molar-refractivity contribution is 6.01. The molecular formula is C12H16O5. The Morgan fingerprint density at radius 1 is 1.35 bits per heavy atom. The molecule has 5 nitrogen and oxygen atoms in total. The van der Waals surface area contributed by atoms with Crippen molar-refractivity contribution in [2.45, 2.75) is 33.3 Å². The standard InChI is InChI=1S/C12H16O5/c1-4-6-16-12(14)10-9(5-7-15-10)11(13)17-8(2)3/h5,7-8H,4,6H2,1-3H3. The van der Waals surface area contributed by atoms with Crippen molar-refractivity contribution >= 4 is 11.9 Å². The maximum Gasteiger partial charge on any atom is 0.375 e. The van der Waals surface area contributed by atoms with Gasteiger partial charge in [0.05, 0.1) is 19.0 Å². The van der Waals surface area contributed by atoms with Crippen LogP contribution < -0.4 is 0 Å². The number of esters is 2. The molecule has 0 aliphatic rings. The first-order valence-electron chi connectivity index (χ1n) is 5.51. The van der Waals surface area contributed by atoms with Crippen molar-refractivity contribution in [3.8, 4) is 0 Å². The van der Waals surface area contributed by atoms with E-state index >= 15 is 0 Å². The minimum atomic E-state index is -0.646. The summed E-state index contributed by atoms with van der Waals surface area (Å²) in [6.07, 6.45) is 1.72. The molecule has 0 N–H and O–H groups in total. The van der Waals surface area contributed by atoms with E-state index in [1.807, 2.05) is 6.92 Å². The second kappa shape index (κ2) is 6.08. The molecule has 0 bridgehead atoms. The van der Waals surface area contributed by atoms with Crippen LogP contribution >= 0.6 is 0 Å². The molecular weight excluding hydrogens is 224 g/mol. The van der Waals surface area contributed by atoms with E-state index in [0.717, 1.165) is 0 Å². The lowest BCUT2D eigenvalue weighted by Crippen LogP contribution is -2.15. The van der Waals surface area contributed by atoms with Crippen LogP contribution in [-0.4, -0.2) is 24.6 Å². The van der Waals surface area contributed by atoms with Crippen LogP contribution in [0.3, 0.4) is 0 Å². The number of carbonyl (C=O) groups is 2. The summed E-state index contributed by atoms with van der Waals surface area (Å²) >= 11 is 0. The first-order chi connectivity index (χ1) is 8.06. The van der Waals surface area contributed by atoms with Gasteiger partial charge in [0.2, 0.25) is 5.76 Å². The number of hydrogen-bond donors (Lipinski definition) is 0. The molecule has 0 saturated heterocycles. The van der Waals surface area contributed by atoms with Crippen LogP contribution in [0, 0.1) is 0 Å². The van der Waals surface area contributed by atoms with Crippen molar-refractivity contribution in [3.63, 3.8) is 0 Å². The number of carbonyl (C=O) groups excluding carboxylic acids is 2. The van der Waals surface area contributed by atoms with Crippen LogP contribution in [0.1, 0.15) is 48.1 Å². The van der Waals surface area contributed by atoms with Gasteiger partial charge in [0, 0.05) is 0 Å². The van der Waals surface area contributed by atoms with E-state index in [1.165, 1.54) is 12.3 Å². The summed E-state index contributed by atoms with van der Waals surface area (Å²) in [6, 6.07) is 1.40. The summed E-state index contributed by atoms with van der Waals surface area (Å²) in [5.74, 6) is -1.34. The molecule has 0 radical (unpaired) electrons. The summed E-state index contributed by atoms with van der Waals surface area (Å²) in [5, 5.41) is 0. The zero-order valence-electron chi connectivity index (χ0n) is 10.2. The molecule has 0 unspecified atom stereocenters. The van der Waals surface area contributed by atoms with Crippen LogP contribution in [0.5, 0.6) is 0 Å². The molecule has 0 fully saturated rings. The predicted molar refractivity (Wildman–Crippen MR) is 59.8 cm³/mol. The second-order valence-corrected chi connectivity index (χ2v) is 3.75. The smallest absolute Gasteiger partial charge is 0.375 e. The molecule has 17 heavy (non-hydrogen) atoms. The van der Waals surface area contributed by atoms with Gasteiger partial charge in [-0.3, -0.25) is 0 Å². The summed E-state index contributed by atoms with van der Waals surface area (Å²) in [4.78, 5) is 23.2. The Labute approximate surface area is 99.7 Å². The molecule has 1 heterocycles. The first-order valence-corrected chi connectivity index (χ1v) is 5.51. The number of ether oxygens (including phenoxy) is 2. The minimum absolute atomic E-state index is 0.0970. The number of furan rings is 1. The third kappa shape index (κ3) is 3.62. The molecule has 5 heteroatoms. The molecule has 1 aromatic rings. The highest BCUT2D eigenvalue weighted by Crippen LogP contribution is 2.14. The van der Waals surface area contributed by atoms with E-state index in [4.69, 9.17) is 13.9 Å². The molecule has 0 atom stereocenters. The molecule has 0 aliphatic heterocycles. The summed E-state index contributed by atoms with van der Waals surface area (Å²) < 4.78 is 14.8. The van der Waals surface area contributed by atoms with E-state index in [0.29, 0.717) is 6.42 Å². The van der Waals surface area contributed by atoms with Gasteiger partial charge in [-0.25, -0.2) is 9.59 Å². The lowest BCUT2D eigenvalue weighted by Gasteiger charge is -2.07. The molecule has 0 spiro atoms. The first kappa shape index (κ1) is 13.3. The Kier molecular flexibility index (Phi) is 4.75. The molecule has 94 valence electrons. The van der Waals surface area contributed by atoms with Gasteiger partial charge in [-0.05, 0) is 26.3 Å². The lowest BCUT2D eigenvalue weighted by molar-refractivity contribution is 0.0352. The van der Waals surface area contributed by atoms with E-state index in [1.54, 1.807) is 13.8 Å². The zero-order valence-corrected chi connectivity index (χ0v) is 10.2. The van der Waals surface area contributed by atoms with Crippen LogP contribution in [0.2, 0.25) is 0 Å². The fourth-order valence-electron chi connectivity index (χ4n) is 1.17. The zero-order chi connectivity index (χ0) is 12.8. The second-order valence-electron chi connectivity index (χ2n) is 3.75. The van der Waals surface area contributed by atoms with E-state index in [9.17, 15) is 9.59 Å². The van der Waals surface area contributed by atoms with Crippen LogP contribution in [0.15, 0.2) is 16.7 Å². The largest absolute Gasteiger partial charge is 0.460 e. The van der Waals surface area contributed by atoms with Crippen molar-refractivity contribution in [3.05, 3.63) is 23.7 Å². The van der Waals surface area contributed by atoms with Gasteiger partial charge in [-0.15, -0.1) is 0 Å². The summed E-state index contributed by atoms with van der Waals surface area (Å²) in [6.45, 7) is 5.63. The van der Waals surface area contributed by atoms with Crippen molar-refractivity contribution in [2.75, 3.05) is 6.61 Å². The van der Waals surface area contributed by atoms with Gasteiger partial charge < -0.3 is 13.9 Å². The highest BCUT2D eigenvalue weighted by Gasteiger charge is 2.23. The average molecular weight is 240 g/mol. The van der Waals surface area contributed by atoms with E-state index < -0.39 is 11.9 Å². The van der Waals surface area contributed by atoms with Crippen LogP contribution in [-0.2, 0) is 9.47 Å². The van der Waals surface area contributed by atoms with Crippen LogP contribution in [0.25, 0.3) is 0 Å². The Morgan fingerprint density at radius 3 is 2.65 bits per heavy atom. The van der Waals surface area contributed by atoms with Gasteiger partial charge in [0.25, 0.3) is 0 Å². The maximum absolute atomic E-state index is 11.6.